The fourth-order valence-electron chi connectivity index (χ4n) is 1.47. The van der Waals surface area contributed by atoms with Gasteiger partial charge in [0.25, 0.3) is 0 Å². The zero-order chi connectivity index (χ0) is 12.5. The maximum absolute atomic E-state index is 12.3. The normalized spacial score (nSPS) is 20.2. The second kappa shape index (κ2) is 4.27. The SMILES string of the molecule is O=C1OCC[C@H]1Oc1ccc(C(F)(F)F)cc1. The summed E-state index contributed by atoms with van der Waals surface area (Å²) in [4.78, 5) is 11.1. The lowest BCUT2D eigenvalue weighted by atomic mass is 10.2. The van der Waals surface area contributed by atoms with Crippen LogP contribution in [0.25, 0.3) is 0 Å². The van der Waals surface area contributed by atoms with E-state index >= 15 is 0 Å². The minimum atomic E-state index is -4.37. The van der Waals surface area contributed by atoms with E-state index in [-0.39, 0.29) is 12.4 Å². The third-order valence-electron chi connectivity index (χ3n) is 2.35. The molecule has 1 aliphatic heterocycles. The van der Waals surface area contributed by atoms with Gasteiger partial charge in [-0.05, 0) is 24.3 Å². The Morgan fingerprint density at radius 3 is 2.35 bits per heavy atom. The first-order valence-corrected chi connectivity index (χ1v) is 4.97. The van der Waals surface area contributed by atoms with Crippen LogP contribution >= 0.6 is 0 Å². The number of hydrogen-bond donors (Lipinski definition) is 0. The van der Waals surface area contributed by atoms with Crippen LogP contribution in [0.1, 0.15) is 12.0 Å². The van der Waals surface area contributed by atoms with Gasteiger partial charge in [0.1, 0.15) is 5.75 Å². The second-order valence-electron chi connectivity index (χ2n) is 3.58. The zero-order valence-electron chi connectivity index (χ0n) is 8.66. The summed E-state index contributed by atoms with van der Waals surface area (Å²) in [7, 11) is 0. The molecule has 0 spiro atoms. The summed E-state index contributed by atoms with van der Waals surface area (Å²) < 4.78 is 46.7. The molecule has 0 aliphatic carbocycles. The quantitative estimate of drug-likeness (QED) is 0.751. The molecule has 6 heteroatoms. The first kappa shape index (κ1) is 11.8. The van der Waals surface area contributed by atoms with Gasteiger partial charge < -0.3 is 9.47 Å². The van der Waals surface area contributed by atoms with E-state index in [0.29, 0.717) is 6.42 Å². The Morgan fingerprint density at radius 1 is 1.24 bits per heavy atom. The molecule has 1 fully saturated rings. The maximum atomic E-state index is 12.3. The third kappa shape index (κ3) is 2.69. The Kier molecular flexibility index (Phi) is 2.95. The summed E-state index contributed by atoms with van der Waals surface area (Å²) in [6.45, 7) is 0.282. The van der Waals surface area contributed by atoms with Crippen LogP contribution in [0.4, 0.5) is 13.2 Å². The summed E-state index contributed by atoms with van der Waals surface area (Å²) in [6, 6.07) is 4.20. The monoisotopic (exact) mass is 246 g/mol. The fraction of sp³-hybridized carbons (Fsp3) is 0.364. The van der Waals surface area contributed by atoms with E-state index < -0.39 is 23.8 Å². The van der Waals surface area contributed by atoms with Crippen molar-refractivity contribution in [3.63, 3.8) is 0 Å². The molecule has 0 radical (unpaired) electrons. The van der Waals surface area contributed by atoms with Crippen molar-refractivity contribution in [1.29, 1.82) is 0 Å². The first-order chi connectivity index (χ1) is 7.97. The van der Waals surface area contributed by atoms with Crippen molar-refractivity contribution in [3.05, 3.63) is 29.8 Å². The van der Waals surface area contributed by atoms with Crippen LogP contribution < -0.4 is 4.74 Å². The van der Waals surface area contributed by atoms with Gasteiger partial charge in [-0.1, -0.05) is 0 Å². The molecular formula is C11H9F3O3. The molecule has 0 bridgehead atoms. The lowest BCUT2D eigenvalue weighted by Gasteiger charge is -2.11. The van der Waals surface area contributed by atoms with Gasteiger partial charge in [-0.3, -0.25) is 0 Å². The molecule has 0 aromatic heterocycles. The Labute approximate surface area is 95.1 Å². The van der Waals surface area contributed by atoms with Crippen LogP contribution in [0.15, 0.2) is 24.3 Å². The van der Waals surface area contributed by atoms with Crippen molar-refractivity contribution in [1.82, 2.24) is 0 Å². The molecule has 0 unspecified atom stereocenters. The first-order valence-electron chi connectivity index (χ1n) is 4.97. The van der Waals surface area contributed by atoms with Gasteiger partial charge in [-0.2, -0.15) is 13.2 Å². The summed E-state index contributed by atoms with van der Waals surface area (Å²) >= 11 is 0. The van der Waals surface area contributed by atoms with Crippen LogP contribution in [-0.2, 0) is 15.7 Å². The zero-order valence-corrected chi connectivity index (χ0v) is 8.66. The standard InChI is InChI=1S/C11H9F3O3/c12-11(13,14)7-1-3-8(4-2-7)17-9-5-6-16-10(9)15/h1-4,9H,5-6H2/t9-/m1/s1. The molecule has 0 saturated carbocycles. The molecule has 1 aromatic rings. The maximum Gasteiger partial charge on any atom is 0.416 e. The number of rotatable bonds is 2. The second-order valence-corrected chi connectivity index (χ2v) is 3.58. The van der Waals surface area contributed by atoms with Crippen molar-refractivity contribution < 1.29 is 27.4 Å². The van der Waals surface area contributed by atoms with E-state index in [1.165, 1.54) is 12.1 Å². The molecule has 2 rings (SSSR count). The van der Waals surface area contributed by atoms with Crippen molar-refractivity contribution in [2.75, 3.05) is 6.61 Å². The fourth-order valence-corrected chi connectivity index (χ4v) is 1.47. The molecule has 1 saturated heterocycles. The Hall–Kier alpha value is -1.72. The number of hydrogen-bond acceptors (Lipinski definition) is 3. The summed E-state index contributed by atoms with van der Waals surface area (Å²) in [5, 5.41) is 0. The average Bonchev–Trinajstić information content (AvgIpc) is 2.64. The Bertz CT molecular complexity index is 411. The van der Waals surface area contributed by atoms with Crippen molar-refractivity contribution >= 4 is 5.97 Å². The highest BCUT2D eigenvalue weighted by molar-refractivity contribution is 5.76. The van der Waals surface area contributed by atoms with Gasteiger partial charge in [0, 0.05) is 6.42 Å². The van der Waals surface area contributed by atoms with Crippen molar-refractivity contribution in [2.45, 2.75) is 18.7 Å². The highest BCUT2D eigenvalue weighted by Crippen LogP contribution is 2.30. The van der Waals surface area contributed by atoms with Gasteiger partial charge in [-0.25, -0.2) is 4.79 Å². The van der Waals surface area contributed by atoms with E-state index in [4.69, 9.17) is 4.74 Å². The van der Waals surface area contributed by atoms with E-state index in [2.05, 4.69) is 4.74 Å². The van der Waals surface area contributed by atoms with E-state index in [9.17, 15) is 18.0 Å². The smallest absolute Gasteiger partial charge is 0.416 e. The molecule has 1 aromatic carbocycles. The number of ether oxygens (including phenoxy) is 2. The number of benzene rings is 1. The molecule has 0 amide bonds. The van der Waals surface area contributed by atoms with Gasteiger partial charge in [0.15, 0.2) is 6.10 Å². The molecule has 1 heterocycles. The average molecular weight is 246 g/mol. The third-order valence-corrected chi connectivity index (χ3v) is 2.35. The number of esters is 1. The number of cyclic esters (lactones) is 1. The van der Waals surface area contributed by atoms with E-state index in [1.807, 2.05) is 0 Å². The van der Waals surface area contributed by atoms with Crippen LogP contribution in [0.5, 0.6) is 5.75 Å². The number of halogens is 3. The topological polar surface area (TPSA) is 35.5 Å². The van der Waals surface area contributed by atoms with Gasteiger partial charge in [0.05, 0.1) is 12.2 Å². The molecular weight excluding hydrogens is 237 g/mol. The minimum absolute atomic E-state index is 0.224. The lowest BCUT2D eigenvalue weighted by molar-refractivity contribution is -0.143. The van der Waals surface area contributed by atoms with Crippen molar-refractivity contribution in [3.8, 4) is 5.75 Å². The summed E-state index contributed by atoms with van der Waals surface area (Å²) in [6.07, 6.45) is -4.67. The molecule has 92 valence electrons. The molecule has 0 N–H and O–H groups in total. The highest BCUT2D eigenvalue weighted by Gasteiger charge is 2.31. The Balaban J connectivity index is 2.06. The summed E-state index contributed by atoms with van der Waals surface area (Å²) in [5.41, 5.74) is -0.751. The lowest BCUT2D eigenvalue weighted by Crippen LogP contribution is -2.21. The van der Waals surface area contributed by atoms with E-state index in [1.54, 1.807) is 0 Å². The van der Waals surface area contributed by atoms with Crippen LogP contribution in [-0.4, -0.2) is 18.7 Å². The summed E-state index contributed by atoms with van der Waals surface area (Å²) in [5.74, 6) is -0.258. The predicted molar refractivity (Wildman–Crippen MR) is 51.4 cm³/mol. The van der Waals surface area contributed by atoms with Crippen molar-refractivity contribution in [2.24, 2.45) is 0 Å². The Morgan fingerprint density at radius 2 is 1.88 bits per heavy atom. The van der Waals surface area contributed by atoms with Gasteiger partial charge in [0.2, 0.25) is 0 Å². The molecule has 1 aliphatic rings. The predicted octanol–water partition coefficient (Wildman–Crippen LogP) is 2.40. The molecule has 3 nitrogen and oxygen atoms in total. The van der Waals surface area contributed by atoms with Crippen LogP contribution in [0, 0.1) is 0 Å². The highest BCUT2D eigenvalue weighted by atomic mass is 19.4. The number of carbonyl (C=O) groups excluding carboxylic acids is 1. The van der Waals surface area contributed by atoms with Crippen LogP contribution in [0.2, 0.25) is 0 Å². The number of alkyl halides is 3. The minimum Gasteiger partial charge on any atom is -0.479 e. The largest absolute Gasteiger partial charge is 0.479 e. The number of carbonyl (C=O) groups is 1. The molecule has 1 atom stereocenters. The van der Waals surface area contributed by atoms with Gasteiger partial charge in [-0.15, -0.1) is 0 Å². The molecule has 17 heavy (non-hydrogen) atoms. The van der Waals surface area contributed by atoms with E-state index in [0.717, 1.165) is 12.1 Å². The van der Waals surface area contributed by atoms with Gasteiger partial charge >= 0.3 is 12.1 Å². The van der Waals surface area contributed by atoms with Crippen LogP contribution in [0.3, 0.4) is 0 Å².